The number of nitrogens with one attached hydrogen (secondary N) is 1. The molecule has 130 valence electrons. The molecule has 2 aliphatic rings. The lowest BCUT2D eigenvalue weighted by Crippen LogP contribution is -2.38. The molecule has 2 amide bonds. The Morgan fingerprint density at radius 3 is 2.69 bits per heavy atom. The van der Waals surface area contributed by atoms with Crippen LogP contribution in [0.2, 0.25) is 0 Å². The zero-order valence-electron chi connectivity index (χ0n) is 13.5. The number of benzene rings is 1. The molecule has 26 heavy (non-hydrogen) atoms. The molecule has 4 rings (SSSR count). The molecule has 1 aliphatic carbocycles. The fourth-order valence-corrected chi connectivity index (χ4v) is 3.27. The first-order chi connectivity index (χ1) is 12.4. The van der Waals surface area contributed by atoms with Crippen LogP contribution in [-0.2, 0) is 9.59 Å². The quantitative estimate of drug-likeness (QED) is 0.462. The van der Waals surface area contributed by atoms with Crippen LogP contribution in [0.1, 0.15) is 18.4 Å². The van der Waals surface area contributed by atoms with Gasteiger partial charge in [0.15, 0.2) is 11.5 Å². The number of phenols is 2. The number of aromatic hydroxyl groups is 2. The first-order valence-electron chi connectivity index (χ1n) is 7.91. The third-order valence-corrected chi connectivity index (χ3v) is 4.41. The Balaban J connectivity index is 1.81. The fraction of sp³-hybridized carbons (Fsp3) is 0.105. The molecule has 4 N–H and O–H groups in total. The number of pyridine rings is 1. The Bertz CT molecular complexity index is 1080. The molecule has 1 aromatic heterocycles. The molecule has 0 radical (unpaired) electrons. The van der Waals surface area contributed by atoms with Gasteiger partial charge in [-0.3, -0.25) is 19.9 Å². The van der Waals surface area contributed by atoms with Crippen molar-refractivity contribution in [2.24, 2.45) is 0 Å². The number of carbonyl (C=O) groups excluding carboxylic acids is 2. The summed E-state index contributed by atoms with van der Waals surface area (Å²) in [6, 6.07) is 4.75. The van der Waals surface area contributed by atoms with Crippen LogP contribution in [0.25, 0.3) is 17.0 Å². The van der Waals surface area contributed by atoms with Crippen molar-refractivity contribution in [3.8, 4) is 11.5 Å². The summed E-state index contributed by atoms with van der Waals surface area (Å²) in [5.74, 6) is -1.64. The molecule has 0 unspecified atom stereocenters. The molecule has 1 aliphatic heterocycles. The van der Waals surface area contributed by atoms with E-state index in [4.69, 9.17) is 0 Å². The second-order valence-electron chi connectivity index (χ2n) is 6.17. The number of fused-ring (bicyclic) bond motifs is 2. The van der Waals surface area contributed by atoms with Gasteiger partial charge >= 0.3 is 0 Å². The van der Waals surface area contributed by atoms with Gasteiger partial charge in [0.2, 0.25) is 5.91 Å². The van der Waals surface area contributed by atoms with E-state index in [-0.39, 0.29) is 41.2 Å². The van der Waals surface area contributed by atoms with Crippen molar-refractivity contribution in [2.75, 3.05) is 0 Å². The summed E-state index contributed by atoms with van der Waals surface area (Å²) in [4.78, 5) is 27.6. The molecule has 1 aromatic carbocycles. The summed E-state index contributed by atoms with van der Waals surface area (Å²) in [6.07, 6.45) is 5.18. The molecule has 2 heterocycles. The maximum Gasteiger partial charge on any atom is 0.261 e. The van der Waals surface area contributed by atoms with E-state index in [0.29, 0.717) is 16.5 Å². The van der Waals surface area contributed by atoms with E-state index in [2.05, 4.69) is 10.3 Å². The zero-order chi connectivity index (χ0) is 18.4. The van der Waals surface area contributed by atoms with Crippen LogP contribution >= 0.6 is 0 Å². The largest absolute Gasteiger partial charge is 0.511 e. The number of rotatable bonds is 1. The molecule has 0 atom stereocenters. The number of hydrogen-bond acceptors (Lipinski definition) is 6. The van der Waals surface area contributed by atoms with Crippen molar-refractivity contribution in [3.63, 3.8) is 0 Å². The van der Waals surface area contributed by atoms with Crippen molar-refractivity contribution >= 4 is 28.8 Å². The normalized spacial score (nSPS) is 18.8. The van der Waals surface area contributed by atoms with Crippen molar-refractivity contribution < 1.29 is 24.9 Å². The molecule has 7 heteroatoms. The van der Waals surface area contributed by atoms with Crippen molar-refractivity contribution in [3.05, 3.63) is 58.5 Å². The number of aliphatic hydroxyl groups is 1. The second kappa shape index (κ2) is 5.73. The highest BCUT2D eigenvalue weighted by molar-refractivity contribution is 6.12. The Morgan fingerprint density at radius 1 is 1.08 bits per heavy atom. The van der Waals surface area contributed by atoms with Crippen LogP contribution in [0, 0.1) is 0 Å². The molecular weight excluding hydrogens is 336 g/mol. The monoisotopic (exact) mass is 350 g/mol. The average Bonchev–Trinajstić information content (AvgIpc) is 2.57. The van der Waals surface area contributed by atoms with Crippen LogP contribution < -0.4 is 5.32 Å². The van der Waals surface area contributed by atoms with Crippen molar-refractivity contribution in [2.45, 2.75) is 12.8 Å². The predicted octanol–water partition coefficient (Wildman–Crippen LogP) is 2.22. The molecule has 0 saturated carbocycles. The maximum atomic E-state index is 11.9. The Hall–Kier alpha value is -3.61. The summed E-state index contributed by atoms with van der Waals surface area (Å²) in [5, 5.41) is 32.7. The molecule has 1 saturated heterocycles. The van der Waals surface area contributed by atoms with Crippen molar-refractivity contribution in [1.82, 2.24) is 10.3 Å². The Morgan fingerprint density at radius 2 is 1.88 bits per heavy atom. The van der Waals surface area contributed by atoms with Gasteiger partial charge in [0.05, 0.1) is 12.0 Å². The van der Waals surface area contributed by atoms with E-state index in [1.165, 1.54) is 12.3 Å². The van der Waals surface area contributed by atoms with Gasteiger partial charge in [0, 0.05) is 18.0 Å². The van der Waals surface area contributed by atoms with E-state index in [0.717, 1.165) is 5.56 Å². The summed E-state index contributed by atoms with van der Waals surface area (Å²) in [5.41, 5.74) is 2.33. The van der Waals surface area contributed by atoms with Gasteiger partial charge in [0.25, 0.3) is 5.91 Å². The number of imide groups is 1. The summed E-state index contributed by atoms with van der Waals surface area (Å²) >= 11 is 0. The molecular formula is C19H14N2O5. The first-order valence-corrected chi connectivity index (χ1v) is 7.91. The summed E-state index contributed by atoms with van der Waals surface area (Å²) in [7, 11) is 0. The Kier molecular flexibility index (Phi) is 3.50. The smallest absolute Gasteiger partial charge is 0.261 e. The van der Waals surface area contributed by atoms with Gasteiger partial charge < -0.3 is 15.3 Å². The first kappa shape index (κ1) is 15.9. The van der Waals surface area contributed by atoms with Crippen LogP contribution in [0.3, 0.4) is 0 Å². The molecule has 2 aromatic rings. The van der Waals surface area contributed by atoms with Gasteiger partial charge in [-0.25, -0.2) is 0 Å². The standard InChI is InChI=1S/C19H14N2O5/c22-13-2-1-12-10(3-4-20-17(12)18(13)25)5-9-6-11-8-15(24)21-19(26)16(11)14(23)7-9/h1-6,22-23,25H,7-8H2,(H,21,24,26). The van der Waals surface area contributed by atoms with E-state index in [1.807, 2.05) is 0 Å². The minimum absolute atomic E-state index is 0.0221. The van der Waals surface area contributed by atoms with E-state index < -0.39 is 11.8 Å². The van der Waals surface area contributed by atoms with Gasteiger partial charge in [-0.15, -0.1) is 0 Å². The van der Waals surface area contributed by atoms with Crippen molar-refractivity contribution in [1.29, 1.82) is 0 Å². The lowest BCUT2D eigenvalue weighted by atomic mass is 9.87. The average molecular weight is 350 g/mol. The molecule has 0 bridgehead atoms. The van der Waals surface area contributed by atoms with E-state index >= 15 is 0 Å². The molecule has 7 nitrogen and oxygen atoms in total. The highest BCUT2D eigenvalue weighted by Crippen LogP contribution is 2.36. The van der Waals surface area contributed by atoms with Gasteiger partial charge in [0.1, 0.15) is 11.3 Å². The number of nitrogens with zero attached hydrogens (tertiary/aromatic N) is 1. The number of phenolic OH excluding ortho intramolecular Hbond substituents is 2. The Labute approximate surface area is 147 Å². The predicted molar refractivity (Wildman–Crippen MR) is 93.2 cm³/mol. The van der Waals surface area contributed by atoms with Crippen LogP contribution in [-0.4, -0.2) is 32.1 Å². The van der Waals surface area contributed by atoms with Gasteiger partial charge in [-0.2, -0.15) is 0 Å². The second-order valence-corrected chi connectivity index (χ2v) is 6.17. The fourth-order valence-electron chi connectivity index (χ4n) is 3.27. The van der Waals surface area contributed by atoms with E-state index in [9.17, 15) is 24.9 Å². The highest BCUT2D eigenvalue weighted by atomic mass is 16.3. The van der Waals surface area contributed by atoms with Gasteiger partial charge in [-0.05, 0) is 34.9 Å². The van der Waals surface area contributed by atoms with Gasteiger partial charge in [-0.1, -0.05) is 12.2 Å². The summed E-state index contributed by atoms with van der Waals surface area (Å²) < 4.78 is 0. The minimum Gasteiger partial charge on any atom is -0.511 e. The number of allylic oxidation sites excluding steroid dienone is 2. The number of piperidine rings is 1. The number of carbonyl (C=O) groups is 2. The third kappa shape index (κ3) is 2.50. The number of hydrogen-bond donors (Lipinski definition) is 4. The highest BCUT2D eigenvalue weighted by Gasteiger charge is 2.31. The third-order valence-electron chi connectivity index (χ3n) is 4.41. The number of aromatic nitrogens is 1. The molecule has 0 spiro atoms. The minimum atomic E-state index is -0.584. The SMILES string of the molecule is O=C1CC2=CC(=Cc3ccnc4c(O)c(O)ccc34)CC(O)=C2C(=O)N1. The topological polar surface area (TPSA) is 120 Å². The summed E-state index contributed by atoms with van der Waals surface area (Å²) in [6.45, 7) is 0. The number of aliphatic hydroxyl groups excluding tert-OH is 1. The lowest BCUT2D eigenvalue weighted by Gasteiger charge is -2.23. The van der Waals surface area contributed by atoms with Crippen LogP contribution in [0.15, 0.2) is 53.0 Å². The molecule has 1 fully saturated rings. The number of amides is 2. The maximum absolute atomic E-state index is 11.9. The lowest BCUT2D eigenvalue weighted by molar-refractivity contribution is -0.129. The van der Waals surface area contributed by atoms with Crippen LogP contribution in [0.5, 0.6) is 11.5 Å². The zero-order valence-corrected chi connectivity index (χ0v) is 13.5. The van der Waals surface area contributed by atoms with Crippen LogP contribution in [0.4, 0.5) is 0 Å². The van der Waals surface area contributed by atoms with E-state index in [1.54, 1.807) is 24.3 Å².